The molecule has 1 aliphatic carbocycles. The average Bonchev–Trinajstić information content (AvgIpc) is 3.38. The van der Waals surface area contributed by atoms with Crippen LogP contribution in [-0.2, 0) is 5.75 Å². The molecule has 0 bridgehead atoms. The molecule has 0 spiro atoms. The van der Waals surface area contributed by atoms with Gasteiger partial charge < -0.3 is 4.57 Å². The molecule has 0 N–H and O–H groups in total. The number of rotatable bonds is 5. The van der Waals surface area contributed by atoms with E-state index in [2.05, 4.69) is 46.1 Å². The molecule has 1 aliphatic rings. The SMILES string of the molecule is N#Cc1ccccc1-c1ccc(CSc2nccn2C2CC2)cc1. The third-order valence-electron chi connectivity index (χ3n) is 4.25. The first-order valence-electron chi connectivity index (χ1n) is 8.09. The maximum absolute atomic E-state index is 9.24. The molecule has 4 heteroatoms. The van der Waals surface area contributed by atoms with Gasteiger partial charge in [0.15, 0.2) is 5.16 Å². The Labute approximate surface area is 146 Å². The van der Waals surface area contributed by atoms with Gasteiger partial charge in [-0.2, -0.15) is 5.26 Å². The first kappa shape index (κ1) is 15.0. The van der Waals surface area contributed by atoms with Crippen LogP contribution < -0.4 is 0 Å². The van der Waals surface area contributed by atoms with Gasteiger partial charge in [-0.15, -0.1) is 0 Å². The lowest BCUT2D eigenvalue weighted by molar-refractivity contribution is 0.663. The van der Waals surface area contributed by atoms with Crippen LogP contribution in [0, 0.1) is 11.3 Å². The van der Waals surface area contributed by atoms with Gasteiger partial charge in [0.1, 0.15) is 0 Å². The monoisotopic (exact) mass is 331 g/mol. The topological polar surface area (TPSA) is 41.6 Å². The molecular weight excluding hydrogens is 314 g/mol. The van der Waals surface area contributed by atoms with Crippen LogP contribution in [0.3, 0.4) is 0 Å². The zero-order valence-corrected chi connectivity index (χ0v) is 14.0. The minimum Gasteiger partial charge on any atom is -0.323 e. The Hall–Kier alpha value is -2.51. The summed E-state index contributed by atoms with van der Waals surface area (Å²) >= 11 is 1.78. The van der Waals surface area contributed by atoms with Crippen molar-refractivity contribution in [1.29, 1.82) is 5.26 Å². The van der Waals surface area contributed by atoms with Crippen LogP contribution in [0.5, 0.6) is 0 Å². The Bertz CT molecular complexity index is 886. The number of hydrogen-bond donors (Lipinski definition) is 0. The number of nitriles is 1. The second-order valence-corrected chi connectivity index (χ2v) is 6.93. The summed E-state index contributed by atoms with van der Waals surface area (Å²) in [5.74, 6) is 0.907. The van der Waals surface area contributed by atoms with Gasteiger partial charge in [-0.05, 0) is 35.6 Å². The van der Waals surface area contributed by atoms with Crippen LogP contribution in [0.2, 0.25) is 0 Å². The fourth-order valence-electron chi connectivity index (χ4n) is 2.80. The average molecular weight is 331 g/mol. The molecule has 1 heterocycles. The molecule has 118 valence electrons. The predicted molar refractivity (Wildman–Crippen MR) is 96.7 cm³/mol. The summed E-state index contributed by atoms with van der Waals surface area (Å²) in [4.78, 5) is 4.47. The van der Waals surface area contributed by atoms with Crippen molar-refractivity contribution >= 4 is 11.8 Å². The van der Waals surface area contributed by atoms with E-state index in [1.807, 2.05) is 30.5 Å². The summed E-state index contributed by atoms with van der Waals surface area (Å²) in [6, 6.07) is 19.1. The molecule has 1 fully saturated rings. The molecule has 0 aliphatic heterocycles. The van der Waals surface area contributed by atoms with Crippen molar-refractivity contribution in [2.45, 2.75) is 29.8 Å². The fourth-order valence-corrected chi connectivity index (χ4v) is 3.79. The normalized spacial score (nSPS) is 13.6. The highest BCUT2D eigenvalue weighted by molar-refractivity contribution is 7.98. The van der Waals surface area contributed by atoms with E-state index in [0.29, 0.717) is 11.6 Å². The zero-order chi connectivity index (χ0) is 16.4. The van der Waals surface area contributed by atoms with Crippen LogP contribution in [0.15, 0.2) is 66.1 Å². The van der Waals surface area contributed by atoms with E-state index in [1.165, 1.54) is 18.4 Å². The lowest BCUT2D eigenvalue weighted by Crippen LogP contribution is -1.94. The Kier molecular flexibility index (Phi) is 4.10. The van der Waals surface area contributed by atoms with Crippen molar-refractivity contribution in [2.75, 3.05) is 0 Å². The summed E-state index contributed by atoms with van der Waals surface area (Å²) in [5, 5.41) is 10.3. The molecule has 4 rings (SSSR count). The van der Waals surface area contributed by atoms with Crippen LogP contribution >= 0.6 is 11.8 Å². The summed E-state index contributed by atoms with van der Waals surface area (Å²) in [5.41, 5.74) is 4.05. The Morgan fingerprint density at radius 1 is 1.12 bits per heavy atom. The molecule has 2 aromatic carbocycles. The zero-order valence-electron chi connectivity index (χ0n) is 13.2. The second-order valence-electron chi connectivity index (χ2n) is 5.99. The van der Waals surface area contributed by atoms with Crippen molar-refractivity contribution in [1.82, 2.24) is 9.55 Å². The molecule has 0 atom stereocenters. The van der Waals surface area contributed by atoms with Crippen molar-refractivity contribution in [2.24, 2.45) is 0 Å². The number of aromatic nitrogens is 2. The van der Waals surface area contributed by atoms with Crippen LogP contribution in [0.25, 0.3) is 11.1 Å². The van der Waals surface area contributed by atoms with E-state index in [-0.39, 0.29) is 0 Å². The second kappa shape index (κ2) is 6.54. The quantitative estimate of drug-likeness (QED) is 0.614. The first-order chi connectivity index (χ1) is 11.8. The minimum atomic E-state index is 0.667. The van der Waals surface area contributed by atoms with Crippen molar-refractivity contribution < 1.29 is 0 Å². The Balaban J connectivity index is 1.48. The van der Waals surface area contributed by atoms with E-state index >= 15 is 0 Å². The van der Waals surface area contributed by atoms with Gasteiger partial charge in [-0.25, -0.2) is 4.98 Å². The van der Waals surface area contributed by atoms with Gasteiger partial charge in [0.25, 0.3) is 0 Å². The highest BCUT2D eigenvalue weighted by Gasteiger charge is 2.25. The van der Waals surface area contributed by atoms with E-state index in [9.17, 15) is 5.26 Å². The van der Waals surface area contributed by atoms with Gasteiger partial charge in [0.05, 0.1) is 11.6 Å². The highest BCUT2D eigenvalue weighted by atomic mass is 32.2. The van der Waals surface area contributed by atoms with Crippen molar-refractivity contribution in [3.63, 3.8) is 0 Å². The maximum atomic E-state index is 9.24. The Morgan fingerprint density at radius 2 is 1.92 bits per heavy atom. The molecule has 1 saturated carbocycles. The van der Waals surface area contributed by atoms with Gasteiger partial charge in [-0.3, -0.25) is 0 Å². The number of imidazole rings is 1. The van der Waals surface area contributed by atoms with Crippen molar-refractivity contribution in [3.05, 3.63) is 72.1 Å². The maximum Gasteiger partial charge on any atom is 0.168 e. The van der Waals surface area contributed by atoms with Crippen molar-refractivity contribution in [3.8, 4) is 17.2 Å². The van der Waals surface area contributed by atoms with E-state index < -0.39 is 0 Å². The third kappa shape index (κ3) is 3.08. The van der Waals surface area contributed by atoms with Gasteiger partial charge in [0, 0.05) is 24.2 Å². The van der Waals surface area contributed by atoms with Crippen LogP contribution in [-0.4, -0.2) is 9.55 Å². The molecule has 24 heavy (non-hydrogen) atoms. The van der Waals surface area contributed by atoms with Crippen LogP contribution in [0.4, 0.5) is 0 Å². The predicted octanol–water partition coefficient (Wildman–Crippen LogP) is 5.05. The molecule has 0 amide bonds. The summed E-state index contributed by atoms with van der Waals surface area (Å²) in [6.07, 6.45) is 6.53. The highest BCUT2D eigenvalue weighted by Crippen LogP contribution is 2.38. The van der Waals surface area contributed by atoms with E-state index in [4.69, 9.17) is 0 Å². The standard InChI is InChI=1S/C20H17N3S/c21-13-17-3-1-2-4-19(17)16-7-5-15(6-8-16)14-24-20-22-11-12-23(20)18-9-10-18/h1-8,11-12,18H,9-10,14H2. The number of nitrogens with zero attached hydrogens (tertiary/aromatic N) is 3. The first-order valence-corrected chi connectivity index (χ1v) is 9.08. The van der Waals surface area contributed by atoms with Crippen LogP contribution in [0.1, 0.15) is 30.0 Å². The van der Waals surface area contributed by atoms with Gasteiger partial charge in [0.2, 0.25) is 0 Å². The van der Waals surface area contributed by atoms with Gasteiger partial charge in [-0.1, -0.05) is 54.2 Å². The molecule has 3 nitrogen and oxygen atoms in total. The smallest absolute Gasteiger partial charge is 0.168 e. The number of hydrogen-bond acceptors (Lipinski definition) is 3. The molecular formula is C20H17N3S. The fraction of sp³-hybridized carbons (Fsp3) is 0.200. The molecule has 0 saturated heterocycles. The lowest BCUT2D eigenvalue weighted by Gasteiger charge is -2.07. The number of thioether (sulfide) groups is 1. The molecule has 0 unspecified atom stereocenters. The third-order valence-corrected chi connectivity index (χ3v) is 5.31. The molecule has 0 radical (unpaired) electrons. The van der Waals surface area contributed by atoms with E-state index in [0.717, 1.165) is 22.0 Å². The summed E-state index contributed by atoms with van der Waals surface area (Å²) < 4.78 is 2.29. The largest absolute Gasteiger partial charge is 0.323 e. The molecule has 1 aromatic heterocycles. The van der Waals surface area contributed by atoms with E-state index in [1.54, 1.807) is 11.8 Å². The summed E-state index contributed by atoms with van der Waals surface area (Å²) in [6.45, 7) is 0. The summed E-state index contributed by atoms with van der Waals surface area (Å²) in [7, 11) is 0. The number of benzene rings is 2. The minimum absolute atomic E-state index is 0.667. The Morgan fingerprint density at radius 3 is 2.67 bits per heavy atom. The lowest BCUT2D eigenvalue weighted by atomic mass is 10.00. The molecule has 3 aromatic rings. The van der Waals surface area contributed by atoms with Gasteiger partial charge >= 0.3 is 0 Å².